The van der Waals surface area contributed by atoms with Crippen LogP contribution in [0.3, 0.4) is 0 Å². The maximum absolute atomic E-state index is 12.1. The lowest BCUT2D eigenvalue weighted by molar-refractivity contribution is -0.132. The SMILES string of the molecule is CN(C)CCN(C)C(=O)C1CCCCCN1. The zero-order valence-corrected chi connectivity index (χ0v) is 10.8. The van der Waals surface area contributed by atoms with Crippen molar-refractivity contribution in [2.24, 2.45) is 0 Å². The molecule has 0 aliphatic carbocycles. The fourth-order valence-corrected chi connectivity index (χ4v) is 1.97. The molecule has 1 saturated heterocycles. The Morgan fingerprint density at radius 2 is 1.94 bits per heavy atom. The van der Waals surface area contributed by atoms with Crippen LogP contribution in [-0.4, -0.2) is 62.5 Å². The van der Waals surface area contributed by atoms with Gasteiger partial charge in [0.05, 0.1) is 6.04 Å². The summed E-state index contributed by atoms with van der Waals surface area (Å²) < 4.78 is 0. The number of carbonyl (C=O) groups is 1. The Bertz CT molecular complexity index is 210. The summed E-state index contributed by atoms with van der Waals surface area (Å²) in [5.74, 6) is 0.253. The normalized spacial score (nSPS) is 21.9. The van der Waals surface area contributed by atoms with Crippen LogP contribution >= 0.6 is 0 Å². The summed E-state index contributed by atoms with van der Waals surface area (Å²) in [6.45, 7) is 2.72. The van der Waals surface area contributed by atoms with Gasteiger partial charge in [-0.15, -0.1) is 0 Å². The van der Waals surface area contributed by atoms with Crippen LogP contribution in [0.1, 0.15) is 25.7 Å². The van der Waals surface area contributed by atoms with Gasteiger partial charge in [-0.25, -0.2) is 0 Å². The first-order chi connectivity index (χ1) is 7.61. The quantitative estimate of drug-likeness (QED) is 0.761. The third kappa shape index (κ3) is 4.49. The molecule has 0 aromatic rings. The van der Waals surface area contributed by atoms with Crippen molar-refractivity contribution in [3.8, 4) is 0 Å². The molecule has 4 heteroatoms. The van der Waals surface area contributed by atoms with Crippen LogP contribution in [0.2, 0.25) is 0 Å². The Labute approximate surface area is 99.0 Å². The molecule has 1 atom stereocenters. The zero-order valence-electron chi connectivity index (χ0n) is 10.8. The minimum absolute atomic E-state index is 0.0506. The Balaban J connectivity index is 2.35. The van der Waals surface area contributed by atoms with Crippen LogP contribution in [0.5, 0.6) is 0 Å². The molecule has 16 heavy (non-hydrogen) atoms. The molecular weight excluding hydrogens is 202 g/mol. The molecule has 4 nitrogen and oxygen atoms in total. The van der Waals surface area contributed by atoms with E-state index in [4.69, 9.17) is 0 Å². The van der Waals surface area contributed by atoms with Crippen LogP contribution in [0, 0.1) is 0 Å². The fraction of sp³-hybridized carbons (Fsp3) is 0.917. The summed E-state index contributed by atoms with van der Waals surface area (Å²) in [6, 6.07) is 0.0506. The number of carbonyl (C=O) groups excluding carboxylic acids is 1. The Morgan fingerprint density at radius 3 is 2.62 bits per heavy atom. The highest BCUT2D eigenvalue weighted by molar-refractivity contribution is 5.81. The van der Waals surface area contributed by atoms with Crippen molar-refractivity contribution in [1.82, 2.24) is 15.1 Å². The molecule has 1 aliphatic rings. The van der Waals surface area contributed by atoms with Gasteiger partial charge in [-0.1, -0.05) is 12.8 Å². The average molecular weight is 227 g/mol. The third-order valence-corrected chi connectivity index (χ3v) is 3.12. The number of hydrogen-bond donors (Lipinski definition) is 1. The van der Waals surface area contributed by atoms with E-state index in [1.807, 2.05) is 26.0 Å². The van der Waals surface area contributed by atoms with Crippen LogP contribution < -0.4 is 5.32 Å². The van der Waals surface area contributed by atoms with Gasteiger partial charge >= 0.3 is 0 Å². The number of nitrogens with one attached hydrogen (secondary N) is 1. The first-order valence-corrected chi connectivity index (χ1v) is 6.24. The zero-order chi connectivity index (χ0) is 12.0. The van der Waals surface area contributed by atoms with Crippen LogP contribution in [0.25, 0.3) is 0 Å². The van der Waals surface area contributed by atoms with Gasteiger partial charge in [-0.2, -0.15) is 0 Å². The maximum atomic E-state index is 12.1. The average Bonchev–Trinajstić information content (AvgIpc) is 2.53. The Morgan fingerprint density at radius 1 is 1.19 bits per heavy atom. The van der Waals surface area contributed by atoms with E-state index >= 15 is 0 Å². The van der Waals surface area contributed by atoms with Gasteiger partial charge in [0.15, 0.2) is 0 Å². The summed E-state index contributed by atoms with van der Waals surface area (Å²) in [5, 5.41) is 3.35. The van der Waals surface area contributed by atoms with Crippen LogP contribution in [-0.2, 0) is 4.79 Å². The van der Waals surface area contributed by atoms with E-state index in [-0.39, 0.29) is 11.9 Å². The molecule has 0 radical (unpaired) electrons. The van der Waals surface area contributed by atoms with Gasteiger partial charge in [0.2, 0.25) is 5.91 Å². The predicted molar refractivity (Wildman–Crippen MR) is 66.4 cm³/mol. The maximum Gasteiger partial charge on any atom is 0.239 e. The van der Waals surface area contributed by atoms with Crippen molar-refractivity contribution >= 4 is 5.91 Å². The summed E-state index contributed by atoms with van der Waals surface area (Å²) >= 11 is 0. The summed E-state index contributed by atoms with van der Waals surface area (Å²) in [7, 11) is 5.96. The predicted octanol–water partition coefficient (Wildman–Crippen LogP) is 0.539. The van der Waals surface area contributed by atoms with Gasteiger partial charge in [-0.05, 0) is 33.5 Å². The highest BCUT2D eigenvalue weighted by Crippen LogP contribution is 2.10. The number of amides is 1. The lowest BCUT2D eigenvalue weighted by atomic mass is 10.1. The van der Waals surface area contributed by atoms with E-state index in [9.17, 15) is 4.79 Å². The molecule has 1 unspecified atom stereocenters. The third-order valence-electron chi connectivity index (χ3n) is 3.12. The largest absolute Gasteiger partial charge is 0.343 e. The van der Waals surface area contributed by atoms with Gasteiger partial charge in [-0.3, -0.25) is 4.79 Å². The number of rotatable bonds is 4. The van der Waals surface area contributed by atoms with Crippen molar-refractivity contribution in [1.29, 1.82) is 0 Å². The molecular formula is C12H25N3O. The fourth-order valence-electron chi connectivity index (χ4n) is 1.97. The standard InChI is InChI=1S/C12H25N3O/c1-14(2)9-10-15(3)12(16)11-7-5-4-6-8-13-11/h11,13H,4-10H2,1-3H3. The Hall–Kier alpha value is -0.610. The summed E-state index contributed by atoms with van der Waals surface area (Å²) in [4.78, 5) is 16.1. The van der Waals surface area contributed by atoms with Gasteiger partial charge < -0.3 is 15.1 Å². The van der Waals surface area contributed by atoms with Crippen molar-refractivity contribution in [2.45, 2.75) is 31.7 Å². The monoisotopic (exact) mass is 227 g/mol. The van der Waals surface area contributed by atoms with E-state index in [2.05, 4.69) is 10.2 Å². The van der Waals surface area contributed by atoms with Crippen LogP contribution in [0.15, 0.2) is 0 Å². The van der Waals surface area contributed by atoms with Crippen LogP contribution in [0.4, 0.5) is 0 Å². The number of nitrogens with zero attached hydrogens (tertiary/aromatic N) is 2. The summed E-state index contributed by atoms with van der Waals surface area (Å²) in [5.41, 5.74) is 0. The molecule has 1 N–H and O–H groups in total. The van der Waals surface area contributed by atoms with E-state index in [1.54, 1.807) is 0 Å². The second kappa shape index (κ2) is 6.86. The lowest BCUT2D eigenvalue weighted by Crippen LogP contribution is -2.46. The highest BCUT2D eigenvalue weighted by atomic mass is 16.2. The topological polar surface area (TPSA) is 35.6 Å². The first-order valence-electron chi connectivity index (χ1n) is 6.24. The summed E-state index contributed by atoms with van der Waals surface area (Å²) in [6.07, 6.45) is 4.61. The minimum atomic E-state index is 0.0506. The first kappa shape index (κ1) is 13.5. The Kier molecular flexibility index (Phi) is 5.77. The smallest absolute Gasteiger partial charge is 0.239 e. The van der Waals surface area contributed by atoms with Gasteiger partial charge in [0.25, 0.3) is 0 Å². The molecule has 1 fully saturated rings. The molecule has 1 amide bonds. The van der Waals surface area contributed by atoms with Crippen molar-refractivity contribution in [3.05, 3.63) is 0 Å². The van der Waals surface area contributed by atoms with Crippen molar-refractivity contribution in [3.63, 3.8) is 0 Å². The van der Waals surface area contributed by atoms with Crippen molar-refractivity contribution < 1.29 is 4.79 Å². The van der Waals surface area contributed by atoms with E-state index in [1.165, 1.54) is 19.3 Å². The van der Waals surface area contributed by atoms with E-state index < -0.39 is 0 Å². The van der Waals surface area contributed by atoms with Gasteiger partial charge in [0.1, 0.15) is 0 Å². The lowest BCUT2D eigenvalue weighted by Gasteiger charge is -2.24. The van der Waals surface area contributed by atoms with Crippen molar-refractivity contribution in [2.75, 3.05) is 40.8 Å². The van der Waals surface area contributed by atoms with E-state index in [0.29, 0.717) is 0 Å². The number of likely N-dealkylation sites (N-methyl/N-ethyl adjacent to an activating group) is 2. The molecule has 0 aromatic carbocycles. The highest BCUT2D eigenvalue weighted by Gasteiger charge is 2.22. The number of hydrogen-bond acceptors (Lipinski definition) is 3. The second-order valence-electron chi connectivity index (χ2n) is 4.92. The second-order valence-corrected chi connectivity index (χ2v) is 4.92. The molecule has 0 saturated carbocycles. The molecule has 0 aromatic heterocycles. The molecule has 94 valence electrons. The minimum Gasteiger partial charge on any atom is -0.343 e. The van der Waals surface area contributed by atoms with Gasteiger partial charge in [0, 0.05) is 20.1 Å². The van der Waals surface area contributed by atoms with E-state index in [0.717, 1.165) is 26.1 Å². The molecule has 0 bridgehead atoms. The molecule has 1 rings (SSSR count). The molecule has 1 heterocycles. The molecule has 0 spiro atoms. The molecule has 1 aliphatic heterocycles.